The molecule has 0 aliphatic carbocycles. The summed E-state index contributed by atoms with van der Waals surface area (Å²) in [6, 6.07) is 3.30. The molecule has 1 unspecified atom stereocenters. The van der Waals surface area contributed by atoms with Gasteiger partial charge >= 0.3 is 5.97 Å². The fraction of sp³-hybridized carbons (Fsp3) is 0.333. The van der Waals surface area contributed by atoms with Crippen molar-refractivity contribution in [3.8, 4) is 5.75 Å². The van der Waals surface area contributed by atoms with Crippen molar-refractivity contribution in [2.24, 2.45) is 5.73 Å². The maximum Gasteiger partial charge on any atom is 0.332 e. The first-order valence-corrected chi connectivity index (χ1v) is 5.94. The van der Waals surface area contributed by atoms with Crippen molar-refractivity contribution < 1.29 is 19.1 Å². The van der Waals surface area contributed by atoms with Crippen LogP contribution in [-0.4, -0.2) is 31.6 Å². The van der Waals surface area contributed by atoms with E-state index < -0.39 is 17.9 Å². The molecule has 0 spiro atoms. The summed E-state index contributed by atoms with van der Waals surface area (Å²) in [5, 5.41) is 2.88. The van der Waals surface area contributed by atoms with Gasteiger partial charge in [-0.1, -0.05) is 11.6 Å². The van der Waals surface area contributed by atoms with E-state index in [1.54, 1.807) is 19.1 Å². The van der Waals surface area contributed by atoms with E-state index in [-0.39, 0.29) is 6.61 Å². The van der Waals surface area contributed by atoms with E-state index in [1.165, 1.54) is 13.2 Å². The molecule has 104 valence electrons. The number of methoxy groups -OCH3 is 1. The highest BCUT2D eigenvalue weighted by Gasteiger charge is 2.24. The highest BCUT2D eigenvalue weighted by atomic mass is 35.5. The summed E-state index contributed by atoms with van der Waals surface area (Å²) in [5.41, 5.74) is 5.80. The number of ether oxygens (including phenoxy) is 2. The van der Waals surface area contributed by atoms with Gasteiger partial charge in [-0.05, 0) is 25.1 Å². The number of hydrogen-bond donors (Lipinski definition) is 2. The second-order valence-electron chi connectivity index (χ2n) is 3.56. The molecule has 1 rings (SSSR count). The van der Waals surface area contributed by atoms with Gasteiger partial charge < -0.3 is 20.5 Å². The van der Waals surface area contributed by atoms with Crippen LogP contribution in [0.25, 0.3) is 0 Å². The first-order valence-electron chi connectivity index (χ1n) is 5.56. The van der Waals surface area contributed by atoms with Gasteiger partial charge in [0.15, 0.2) is 6.04 Å². The zero-order valence-corrected chi connectivity index (χ0v) is 11.4. The number of nitrogens with two attached hydrogens (primary N) is 1. The topological polar surface area (TPSA) is 90.7 Å². The van der Waals surface area contributed by atoms with Crippen LogP contribution in [0.4, 0.5) is 5.69 Å². The minimum atomic E-state index is -1.40. The summed E-state index contributed by atoms with van der Waals surface area (Å²) < 4.78 is 9.72. The Bertz CT molecular complexity index is 479. The normalized spacial score (nSPS) is 11.6. The number of carbonyl (C=O) groups is 2. The Morgan fingerprint density at radius 1 is 1.47 bits per heavy atom. The van der Waals surface area contributed by atoms with E-state index in [9.17, 15) is 9.59 Å². The molecule has 0 aliphatic heterocycles. The number of halogens is 1. The highest BCUT2D eigenvalue weighted by molar-refractivity contribution is 6.31. The first kappa shape index (κ1) is 15.3. The second-order valence-corrected chi connectivity index (χ2v) is 4.00. The van der Waals surface area contributed by atoms with Crippen molar-refractivity contribution in [2.75, 3.05) is 19.0 Å². The van der Waals surface area contributed by atoms with Gasteiger partial charge in [0.05, 0.1) is 19.4 Å². The molecule has 7 heteroatoms. The third-order valence-corrected chi connectivity index (χ3v) is 2.48. The number of rotatable bonds is 5. The Hall–Kier alpha value is -1.79. The highest BCUT2D eigenvalue weighted by Crippen LogP contribution is 2.27. The third kappa shape index (κ3) is 4.11. The Kier molecular flexibility index (Phi) is 5.59. The standard InChI is InChI=1S/C12H15ClN2O4/c1-3-19-12(17)10(14)11(16)15-8-6-7(13)4-5-9(8)18-2/h4-6,10H,3,14H2,1-2H3,(H,15,16). The summed E-state index contributed by atoms with van der Waals surface area (Å²) in [7, 11) is 1.45. The molecule has 19 heavy (non-hydrogen) atoms. The molecule has 1 atom stereocenters. The average Bonchev–Trinajstić information content (AvgIpc) is 2.38. The monoisotopic (exact) mass is 286 g/mol. The maximum absolute atomic E-state index is 11.8. The minimum Gasteiger partial charge on any atom is -0.495 e. The van der Waals surface area contributed by atoms with Crippen LogP contribution >= 0.6 is 11.6 Å². The molecule has 1 amide bonds. The van der Waals surface area contributed by atoms with Gasteiger partial charge in [0.1, 0.15) is 5.75 Å². The van der Waals surface area contributed by atoms with Crippen LogP contribution in [0.3, 0.4) is 0 Å². The molecule has 1 aromatic rings. The van der Waals surface area contributed by atoms with Crippen molar-refractivity contribution in [2.45, 2.75) is 13.0 Å². The number of benzene rings is 1. The molecule has 0 bridgehead atoms. The lowest BCUT2D eigenvalue weighted by molar-refractivity contribution is -0.146. The lowest BCUT2D eigenvalue weighted by atomic mass is 10.2. The molecule has 0 heterocycles. The number of esters is 1. The summed E-state index contributed by atoms with van der Waals surface area (Å²) >= 11 is 5.82. The van der Waals surface area contributed by atoms with Crippen molar-refractivity contribution in [1.82, 2.24) is 0 Å². The van der Waals surface area contributed by atoms with Crippen LogP contribution in [0.2, 0.25) is 5.02 Å². The van der Waals surface area contributed by atoms with Crippen molar-refractivity contribution in [3.63, 3.8) is 0 Å². The zero-order chi connectivity index (χ0) is 14.4. The van der Waals surface area contributed by atoms with Gasteiger partial charge in [0.2, 0.25) is 0 Å². The summed E-state index contributed by atoms with van der Waals surface area (Å²) in [4.78, 5) is 23.1. The SMILES string of the molecule is CCOC(=O)C(N)C(=O)Nc1cc(Cl)ccc1OC. The molecular formula is C12H15ClN2O4. The lowest BCUT2D eigenvalue weighted by Gasteiger charge is -2.13. The summed E-state index contributed by atoms with van der Waals surface area (Å²) in [5.74, 6) is -1.08. The molecule has 1 aromatic carbocycles. The Morgan fingerprint density at radius 3 is 2.74 bits per heavy atom. The fourth-order valence-corrected chi connectivity index (χ4v) is 1.50. The summed E-state index contributed by atoms with van der Waals surface area (Å²) in [6.45, 7) is 1.78. The first-order chi connectivity index (χ1) is 8.99. The largest absolute Gasteiger partial charge is 0.495 e. The number of anilines is 1. The van der Waals surface area contributed by atoms with Crippen LogP contribution < -0.4 is 15.8 Å². The molecule has 6 nitrogen and oxygen atoms in total. The molecule has 0 saturated heterocycles. The van der Waals surface area contributed by atoms with Gasteiger partial charge in [-0.3, -0.25) is 4.79 Å². The van der Waals surface area contributed by atoms with Crippen LogP contribution in [0, 0.1) is 0 Å². The predicted octanol–water partition coefficient (Wildman–Crippen LogP) is 1.18. The quantitative estimate of drug-likeness (QED) is 0.626. The van der Waals surface area contributed by atoms with Crippen molar-refractivity contribution in [1.29, 1.82) is 0 Å². The smallest absolute Gasteiger partial charge is 0.332 e. The van der Waals surface area contributed by atoms with E-state index in [4.69, 9.17) is 22.1 Å². The van der Waals surface area contributed by atoms with E-state index >= 15 is 0 Å². The Morgan fingerprint density at radius 2 is 2.16 bits per heavy atom. The van der Waals surface area contributed by atoms with E-state index in [2.05, 4.69) is 10.1 Å². The molecule has 0 aliphatic rings. The van der Waals surface area contributed by atoms with Gasteiger partial charge in [-0.25, -0.2) is 4.79 Å². The van der Waals surface area contributed by atoms with Gasteiger partial charge in [-0.15, -0.1) is 0 Å². The molecular weight excluding hydrogens is 272 g/mol. The molecule has 3 N–H and O–H groups in total. The van der Waals surface area contributed by atoms with Crippen molar-refractivity contribution >= 4 is 29.2 Å². The van der Waals surface area contributed by atoms with Crippen LogP contribution in [0.15, 0.2) is 18.2 Å². The molecule has 0 saturated carbocycles. The molecule has 0 aromatic heterocycles. The molecule has 0 fully saturated rings. The number of carbonyl (C=O) groups excluding carboxylic acids is 2. The van der Waals surface area contributed by atoms with Crippen LogP contribution in [0.1, 0.15) is 6.92 Å². The van der Waals surface area contributed by atoms with E-state index in [1.807, 2.05) is 0 Å². The van der Waals surface area contributed by atoms with Gasteiger partial charge in [0.25, 0.3) is 5.91 Å². The fourth-order valence-electron chi connectivity index (χ4n) is 1.33. The van der Waals surface area contributed by atoms with Gasteiger partial charge in [-0.2, -0.15) is 0 Å². The number of amides is 1. The maximum atomic E-state index is 11.8. The van der Waals surface area contributed by atoms with E-state index in [0.29, 0.717) is 16.5 Å². The van der Waals surface area contributed by atoms with Crippen LogP contribution in [0.5, 0.6) is 5.75 Å². The van der Waals surface area contributed by atoms with Crippen LogP contribution in [-0.2, 0) is 14.3 Å². The zero-order valence-electron chi connectivity index (χ0n) is 10.6. The van der Waals surface area contributed by atoms with Gasteiger partial charge in [0, 0.05) is 5.02 Å². The third-order valence-electron chi connectivity index (χ3n) is 2.24. The summed E-state index contributed by atoms with van der Waals surface area (Å²) in [6.07, 6.45) is 0. The lowest BCUT2D eigenvalue weighted by Crippen LogP contribution is -2.43. The Labute approximate surface area is 115 Å². The minimum absolute atomic E-state index is 0.153. The predicted molar refractivity (Wildman–Crippen MR) is 71.2 cm³/mol. The second kappa shape index (κ2) is 6.96. The van der Waals surface area contributed by atoms with E-state index in [0.717, 1.165) is 0 Å². The number of hydrogen-bond acceptors (Lipinski definition) is 5. The Balaban J connectivity index is 2.81. The number of nitrogens with one attached hydrogen (secondary N) is 1. The van der Waals surface area contributed by atoms with Crippen molar-refractivity contribution in [3.05, 3.63) is 23.2 Å². The molecule has 0 radical (unpaired) electrons. The average molecular weight is 287 g/mol.